The van der Waals surface area contributed by atoms with Crippen LogP contribution in [0.3, 0.4) is 0 Å². The maximum atomic E-state index is 14.0. The van der Waals surface area contributed by atoms with Crippen LogP contribution in [0.2, 0.25) is 0 Å². The molecule has 0 saturated heterocycles. The number of halogens is 1. The van der Waals surface area contributed by atoms with E-state index in [0.29, 0.717) is 17.7 Å². The highest BCUT2D eigenvalue weighted by molar-refractivity contribution is 5.77. The van der Waals surface area contributed by atoms with Gasteiger partial charge in [0.05, 0.1) is 11.0 Å². The quantitative estimate of drug-likeness (QED) is 0.536. The summed E-state index contributed by atoms with van der Waals surface area (Å²) < 4.78 is 16.0. The monoisotopic (exact) mass is 362 g/mol. The van der Waals surface area contributed by atoms with Crippen molar-refractivity contribution in [3.8, 4) is 11.1 Å². The zero-order chi connectivity index (χ0) is 19.0. The molecule has 0 aliphatic carbocycles. The molecule has 0 spiro atoms. The Hall–Kier alpha value is -3.02. The van der Waals surface area contributed by atoms with E-state index in [4.69, 9.17) is 0 Å². The van der Waals surface area contributed by atoms with Crippen molar-refractivity contribution in [2.45, 2.75) is 19.8 Å². The summed E-state index contributed by atoms with van der Waals surface area (Å²) >= 11 is 0. The first-order valence-corrected chi connectivity index (χ1v) is 8.70. The van der Waals surface area contributed by atoms with Crippen LogP contribution >= 0.6 is 0 Å². The maximum Gasteiger partial charge on any atom is 0.178 e. The fourth-order valence-electron chi connectivity index (χ4n) is 3.29. The largest absolute Gasteiger partial charge is 0.364 e. The molecule has 5 heteroatoms. The van der Waals surface area contributed by atoms with Gasteiger partial charge in [-0.25, -0.2) is 9.37 Å². The third-order valence-electron chi connectivity index (χ3n) is 4.74. The van der Waals surface area contributed by atoms with E-state index in [1.165, 1.54) is 6.07 Å². The number of fused-ring (bicyclic) bond motifs is 1. The summed E-state index contributed by atoms with van der Waals surface area (Å²) in [6, 6.07) is 19.7. The van der Waals surface area contributed by atoms with Crippen LogP contribution in [-0.2, 0) is 6.54 Å². The Kier molecular flexibility index (Phi) is 4.48. The first kappa shape index (κ1) is 17.4. The van der Waals surface area contributed by atoms with Crippen molar-refractivity contribution in [2.75, 3.05) is 0 Å². The molecular weight excluding hydrogens is 343 g/mol. The highest BCUT2D eigenvalue weighted by atomic mass is 19.1. The molecule has 27 heavy (non-hydrogen) atoms. The molecule has 0 amide bonds. The lowest BCUT2D eigenvalue weighted by Crippen LogP contribution is -2.03. The van der Waals surface area contributed by atoms with Crippen molar-refractivity contribution < 1.29 is 14.6 Å². The first-order valence-electron chi connectivity index (χ1n) is 8.70. The maximum absolute atomic E-state index is 14.0. The van der Waals surface area contributed by atoms with Gasteiger partial charge in [0.1, 0.15) is 11.6 Å². The second kappa shape index (κ2) is 6.95. The molecule has 136 valence electrons. The molecule has 0 unspecified atom stereocenters. The molecule has 4 rings (SSSR count). The number of hydrogen-bond donors (Lipinski definition) is 2. The van der Waals surface area contributed by atoms with Gasteiger partial charge in [-0.3, -0.25) is 0 Å². The zero-order valence-corrected chi connectivity index (χ0v) is 14.8. The van der Waals surface area contributed by atoms with Crippen molar-refractivity contribution in [2.24, 2.45) is 0 Å². The Labute approximate surface area is 156 Å². The van der Waals surface area contributed by atoms with E-state index in [-0.39, 0.29) is 5.82 Å². The predicted molar refractivity (Wildman–Crippen MR) is 103 cm³/mol. The second-order valence-electron chi connectivity index (χ2n) is 6.54. The number of hydrogen-bond acceptors (Lipinski definition) is 3. The minimum absolute atomic E-state index is 0.239. The van der Waals surface area contributed by atoms with Crippen LogP contribution in [0, 0.1) is 12.7 Å². The van der Waals surface area contributed by atoms with Crippen molar-refractivity contribution in [3.05, 3.63) is 89.5 Å². The number of nitrogens with zero attached hydrogens (tertiary/aromatic N) is 2. The standard InChI is InChI=1S/C22H19FN2O2/c1-14-24-20-11-10-17(22(26)27)12-21(20)25(14)13-15-6-8-16(9-7-15)18-4-2-3-5-19(18)23/h2-12,22,26-27H,13H2,1H3. The number of aliphatic hydroxyl groups is 2. The summed E-state index contributed by atoms with van der Waals surface area (Å²) in [6.45, 7) is 2.51. The number of imidazole rings is 1. The van der Waals surface area contributed by atoms with Crippen LogP contribution < -0.4 is 0 Å². The number of benzene rings is 3. The molecule has 4 nitrogen and oxygen atoms in total. The molecule has 0 saturated carbocycles. The van der Waals surface area contributed by atoms with Gasteiger partial charge in [0.2, 0.25) is 0 Å². The Morgan fingerprint density at radius 3 is 2.44 bits per heavy atom. The average Bonchev–Trinajstić information content (AvgIpc) is 2.97. The molecule has 3 aromatic carbocycles. The molecule has 4 aromatic rings. The van der Waals surface area contributed by atoms with Gasteiger partial charge in [0, 0.05) is 17.7 Å². The van der Waals surface area contributed by atoms with Crippen LogP contribution in [0.4, 0.5) is 4.39 Å². The zero-order valence-electron chi connectivity index (χ0n) is 14.8. The predicted octanol–water partition coefficient (Wildman–Crippen LogP) is 4.18. The van der Waals surface area contributed by atoms with Gasteiger partial charge in [0.15, 0.2) is 6.29 Å². The van der Waals surface area contributed by atoms with Gasteiger partial charge >= 0.3 is 0 Å². The molecule has 0 fully saturated rings. The van der Waals surface area contributed by atoms with E-state index in [9.17, 15) is 14.6 Å². The first-order chi connectivity index (χ1) is 13.0. The SMILES string of the molecule is Cc1nc2ccc(C(O)O)cc2n1Cc1ccc(-c2ccccc2F)cc1. The van der Waals surface area contributed by atoms with Crippen molar-refractivity contribution in [1.29, 1.82) is 0 Å². The van der Waals surface area contributed by atoms with Crippen molar-refractivity contribution in [3.63, 3.8) is 0 Å². The molecule has 2 N–H and O–H groups in total. The van der Waals surface area contributed by atoms with Gasteiger partial charge in [-0.15, -0.1) is 0 Å². The van der Waals surface area contributed by atoms with E-state index < -0.39 is 6.29 Å². The number of rotatable bonds is 4. The topological polar surface area (TPSA) is 58.3 Å². The highest BCUT2D eigenvalue weighted by Crippen LogP contribution is 2.25. The van der Waals surface area contributed by atoms with Crippen LogP contribution in [0.1, 0.15) is 23.2 Å². The van der Waals surface area contributed by atoms with E-state index >= 15 is 0 Å². The number of aryl methyl sites for hydroxylation is 1. The molecule has 0 radical (unpaired) electrons. The van der Waals surface area contributed by atoms with Gasteiger partial charge < -0.3 is 14.8 Å². The lowest BCUT2D eigenvalue weighted by Gasteiger charge is -2.10. The molecule has 1 aromatic heterocycles. The van der Waals surface area contributed by atoms with E-state index in [1.54, 1.807) is 30.3 Å². The van der Waals surface area contributed by atoms with E-state index in [2.05, 4.69) is 4.98 Å². The van der Waals surface area contributed by atoms with Crippen LogP contribution in [0.5, 0.6) is 0 Å². The fourth-order valence-corrected chi connectivity index (χ4v) is 3.29. The summed E-state index contributed by atoms with van der Waals surface area (Å²) in [5.41, 5.74) is 4.53. The average molecular weight is 362 g/mol. The Balaban J connectivity index is 1.67. The molecule has 0 aliphatic rings. The molecular formula is C22H19FN2O2. The van der Waals surface area contributed by atoms with Gasteiger partial charge in [-0.05, 0) is 36.2 Å². The summed E-state index contributed by atoms with van der Waals surface area (Å²) in [5, 5.41) is 18.9. The normalized spacial score (nSPS) is 11.4. The van der Waals surface area contributed by atoms with E-state index in [0.717, 1.165) is 28.0 Å². The van der Waals surface area contributed by atoms with Gasteiger partial charge in [-0.2, -0.15) is 0 Å². The minimum Gasteiger partial charge on any atom is -0.364 e. The van der Waals surface area contributed by atoms with Crippen LogP contribution in [0.15, 0.2) is 66.7 Å². The van der Waals surface area contributed by atoms with Crippen molar-refractivity contribution in [1.82, 2.24) is 9.55 Å². The Morgan fingerprint density at radius 1 is 1.00 bits per heavy atom. The number of aliphatic hydroxyl groups excluding tert-OH is 1. The Bertz CT molecular complexity index is 1100. The smallest absolute Gasteiger partial charge is 0.178 e. The van der Waals surface area contributed by atoms with Crippen molar-refractivity contribution >= 4 is 11.0 Å². The fraction of sp³-hybridized carbons (Fsp3) is 0.136. The summed E-state index contributed by atoms with van der Waals surface area (Å²) in [4.78, 5) is 4.54. The van der Waals surface area contributed by atoms with Gasteiger partial charge in [-0.1, -0.05) is 48.5 Å². The Morgan fingerprint density at radius 2 is 1.74 bits per heavy atom. The van der Waals surface area contributed by atoms with Crippen LogP contribution in [-0.4, -0.2) is 19.8 Å². The third-order valence-corrected chi connectivity index (χ3v) is 4.74. The molecule has 0 atom stereocenters. The molecule has 0 bridgehead atoms. The summed E-state index contributed by atoms with van der Waals surface area (Å²) in [6.07, 6.45) is -1.52. The summed E-state index contributed by atoms with van der Waals surface area (Å²) in [7, 11) is 0. The minimum atomic E-state index is -1.52. The third kappa shape index (κ3) is 3.35. The second-order valence-corrected chi connectivity index (χ2v) is 6.54. The summed E-state index contributed by atoms with van der Waals surface area (Å²) in [5.74, 6) is 0.601. The molecule has 0 aliphatic heterocycles. The van der Waals surface area contributed by atoms with E-state index in [1.807, 2.05) is 41.8 Å². The van der Waals surface area contributed by atoms with Gasteiger partial charge in [0.25, 0.3) is 0 Å². The lowest BCUT2D eigenvalue weighted by molar-refractivity contribution is -0.0424. The highest BCUT2D eigenvalue weighted by Gasteiger charge is 2.11. The number of aromatic nitrogens is 2. The lowest BCUT2D eigenvalue weighted by atomic mass is 10.0. The van der Waals surface area contributed by atoms with Crippen LogP contribution in [0.25, 0.3) is 22.2 Å². The molecule has 1 heterocycles.